The van der Waals surface area contributed by atoms with E-state index in [4.69, 9.17) is 0 Å². The van der Waals surface area contributed by atoms with Crippen LogP contribution in [0.1, 0.15) is 18.1 Å². The molecule has 3 nitrogen and oxygen atoms in total. The van der Waals surface area contributed by atoms with E-state index in [2.05, 4.69) is 20.7 Å². The van der Waals surface area contributed by atoms with E-state index in [1.54, 1.807) is 12.1 Å². The van der Waals surface area contributed by atoms with Gasteiger partial charge in [0.1, 0.15) is 4.21 Å². The zero-order valence-corrected chi connectivity index (χ0v) is 13.8. The van der Waals surface area contributed by atoms with E-state index in [1.807, 2.05) is 32.0 Å². The number of halogens is 1. The van der Waals surface area contributed by atoms with Gasteiger partial charge in [0.25, 0.3) is 10.0 Å². The van der Waals surface area contributed by atoms with E-state index < -0.39 is 10.0 Å². The fraction of sp³-hybridized carbons (Fsp3) is 0.231. The van der Waals surface area contributed by atoms with Crippen LogP contribution in [0.15, 0.2) is 38.3 Å². The smallest absolute Gasteiger partial charge is 0.271 e. The van der Waals surface area contributed by atoms with Crippen molar-refractivity contribution in [1.82, 2.24) is 0 Å². The predicted octanol–water partition coefficient (Wildman–Crippen LogP) is 4.18. The number of sulfonamides is 1. The molecule has 0 bridgehead atoms. The normalized spacial score (nSPS) is 11.5. The molecule has 102 valence electrons. The third kappa shape index (κ3) is 3.38. The van der Waals surface area contributed by atoms with Gasteiger partial charge in [-0.05, 0) is 58.6 Å². The first kappa shape index (κ1) is 14.6. The van der Waals surface area contributed by atoms with Crippen molar-refractivity contribution in [2.75, 3.05) is 4.72 Å². The highest BCUT2D eigenvalue weighted by Crippen LogP contribution is 2.31. The Labute approximate surface area is 125 Å². The number of anilines is 1. The Kier molecular flexibility index (Phi) is 4.32. The van der Waals surface area contributed by atoms with Gasteiger partial charge in [0, 0.05) is 5.69 Å². The summed E-state index contributed by atoms with van der Waals surface area (Å²) in [6, 6.07) is 9.11. The first-order chi connectivity index (χ1) is 8.92. The molecule has 0 aliphatic rings. The van der Waals surface area contributed by atoms with Gasteiger partial charge in [0.2, 0.25) is 0 Å². The molecule has 0 fully saturated rings. The van der Waals surface area contributed by atoms with E-state index in [0.29, 0.717) is 9.90 Å². The number of nitrogens with one attached hydrogen (secondary N) is 1. The van der Waals surface area contributed by atoms with Gasteiger partial charge in [0.05, 0.1) is 3.79 Å². The van der Waals surface area contributed by atoms with Gasteiger partial charge in [-0.25, -0.2) is 8.42 Å². The lowest BCUT2D eigenvalue weighted by atomic mass is 10.1. The lowest BCUT2D eigenvalue weighted by Crippen LogP contribution is -2.11. The van der Waals surface area contributed by atoms with Crippen LogP contribution in [0, 0.1) is 6.92 Å². The minimum atomic E-state index is -3.50. The van der Waals surface area contributed by atoms with Crippen molar-refractivity contribution in [2.24, 2.45) is 0 Å². The largest absolute Gasteiger partial charge is 0.279 e. The number of aryl methyl sites for hydroxylation is 2. The summed E-state index contributed by atoms with van der Waals surface area (Å²) >= 11 is 4.56. The highest BCUT2D eigenvalue weighted by Gasteiger charge is 2.18. The van der Waals surface area contributed by atoms with Crippen LogP contribution in [0.25, 0.3) is 0 Å². The van der Waals surface area contributed by atoms with Gasteiger partial charge in [-0.1, -0.05) is 19.1 Å². The molecule has 0 radical (unpaired) electrons. The van der Waals surface area contributed by atoms with E-state index in [0.717, 1.165) is 21.3 Å². The number of hydrogen-bond donors (Lipinski definition) is 1. The van der Waals surface area contributed by atoms with Crippen molar-refractivity contribution >= 4 is 43.0 Å². The Morgan fingerprint density at radius 2 is 2.05 bits per heavy atom. The first-order valence-electron chi connectivity index (χ1n) is 5.80. The Bertz CT molecular complexity index is 673. The lowest BCUT2D eigenvalue weighted by Gasteiger charge is -2.07. The molecule has 2 rings (SSSR count). The van der Waals surface area contributed by atoms with Crippen LogP contribution in [0.5, 0.6) is 0 Å². The molecule has 0 unspecified atom stereocenters. The van der Waals surface area contributed by atoms with Crippen LogP contribution in [0.2, 0.25) is 0 Å². The predicted molar refractivity (Wildman–Crippen MR) is 83.4 cm³/mol. The molecule has 1 aromatic carbocycles. The number of thiophene rings is 1. The standard InChI is InChI=1S/C13H14BrNO2S2/c1-3-10-5-4-6-11(8-10)15-19(16,17)12-7-9(2)13(14)18-12/h4-8,15H,3H2,1-2H3. The summed E-state index contributed by atoms with van der Waals surface area (Å²) in [6.45, 7) is 3.91. The average Bonchev–Trinajstić information content (AvgIpc) is 2.70. The van der Waals surface area contributed by atoms with Crippen molar-refractivity contribution < 1.29 is 8.42 Å². The van der Waals surface area contributed by atoms with Crippen molar-refractivity contribution in [3.63, 3.8) is 0 Å². The number of benzene rings is 1. The minimum absolute atomic E-state index is 0.318. The summed E-state index contributed by atoms with van der Waals surface area (Å²) in [5, 5.41) is 0. The third-order valence-electron chi connectivity index (χ3n) is 2.69. The molecule has 19 heavy (non-hydrogen) atoms. The highest BCUT2D eigenvalue weighted by atomic mass is 79.9. The van der Waals surface area contributed by atoms with Crippen molar-refractivity contribution in [2.45, 2.75) is 24.5 Å². The van der Waals surface area contributed by atoms with Crippen LogP contribution in [-0.2, 0) is 16.4 Å². The number of hydrogen-bond acceptors (Lipinski definition) is 3. The summed E-state index contributed by atoms with van der Waals surface area (Å²) in [5.41, 5.74) is 2.62. The van der Waals surface area contributed by atoms with Gasteiger partial charge in [-0.2, -0.15) is 0 Å². The molecule has 1 heterocycles. The molecule has 2 aromatic rings. The second kappa shape index (κ2) is 5.64. The second-order valence-electron chi connectivity index (χ2n) is 4.18. The maximum atomic E-state index is 12.2. The minimum Gasteiger partial charge on any atom is -0.279 e. The molecule has 0 aliphatic carbocycles. The molecular weight excluding hydrogens is 346 g/mol. The van der Waals surface area contributed by atoms with Crippen molar-refractivity contribution in [3.05, 3.63) is 45.2 Å². The van der Waals surface area contributed by atoms with Crippen molar-refractivity contribution in [3.8, 4) is 0 Å². The van der Waals surface area contributed by atoms with Crippen LogP contribution in [0.3, 0.4) is 0 Å². The van der Waals surface area contributed by atoms with Crippen molar-refractivity contribution in [1.29, 1.82) is 0 Å². The van der Waals surface area contributed by atoms with Gasteiger partial charge in [0.15, 0.2) is 0 Å². The molecule has 1 aromatic heterocycles. The topological polar surface area (TPSA) is 46.2 Å². The summed E-state index contributed by atoms with van der Waals surface area (Å²) in [6.07, 6.45) is 0.874. The summed E-state index contributed by atoms with van der Waals surface area (Å²) < 4.78 is 28.3. The molecule has 0 spiro atoms. The molecule has 0 saturated heterocycles. The zero-order chi connectivity index (χ0) is 14.0. The van der Waals surface area contributed by atoms with Crippen LogP contribution < -0.4 is 4.72 Å². The second-order valence-corrected chi connectivity index (χ2v) is 8.46. The maximum absolute atomic E-state index is 12.2. The molecule has 0 saturated carbocycles. The Morgan fingerprint density at radius 3 is 2.63 bits per heavy atom. The maximum Gasteiger partial charge on any atom is 0.271 e. The van der Waals surface area contributed by atoms with Gasteiger partial charge < -0.3 is 0 Å². The van der Waals surface area contributed by atoms with Crippen LogP contribution >= 0.6 is 27.3 Å². The Morgan fingerprint density at radius 1 is 1.32 bits per heavy atom. The molecule has 0 aliphatic heterocycles. The van der Waals surface area contributed by atoms with E-state index in [1.165, 1.54) is 11.3 Å². The SMILES string of the molecule is CCc1cccc(NS(=O)(=O)c2cc(C)c(Br)s2)c1. The monoisotopic (exact) mass is 359 g/mol. The molecule has 0 atom stereocenters. The fourth-order valence-electron chi connectivity index (χ4n) is 1.62. The quantitative estimate of drug-likeness (QED) is 0.889. The Balaban J connectivity index is 2.30. The molecular formula is C13H14BrNO2S2. The number of rotatable bonds is 4. The molecule has 6 heteroatoms. The van der Waals surface area contributed by atoms with Gasteiger partial charge >= 0.3 is 0 Å². The van der Waals surface area contributed by atoms with Crippen LogP contribution in [0.4, 0.5) is 5.69 Å². The summed E-state index contributed by atoms with van der Waals surface area (Å²) in [5.74, 6) is 0. The van der Waals surface area contributed by atoms with E-state index >= 15 is 0 Å². The highest BCUT2D eigenvalue weighted by molar-refractivity contribution is 9.11. The summed E-state index contributed by atoms with van der Waals surface area (Å²) in [4.78, 5) is 0. The average molecular weight is 360 g/mol. The van der Waals surface area contributed by atoms with E-state index in [9.17, 15) is 8.42 Å². The molecule has 1 N–H and O–H groups in total. The fourth-order valence-corrected chi connectivity index (χ4v) is 4.90. The van der Waals surface area contributed by atoms with E-state index in [-0.39, 0.29) is 0 Å². The lowest BCUT2D eigenvalue weighted by molar-refractivity contribution is 0.603. The Hall–Kier alpha value is -0.850. The summed E-state index contributed by atoms with van der Waals surface area (Å²) in [7, 11) is -3.50. The van der Waals surface area contributed by atoms with Gasteiger partial charge in [-0.3, -0.25) is 4.72 Å². The first-order valence-corrected chi connectivity index (χ1v) is 8.89. The zero-order valence-electron chi connectivity index (χ0n) is 10.6. The third-order valence-corrected chi connectivity index (χ3v) is 6.68. The van der Waals surface area contributed by atoms with Gasteiger partial charge in [-0.15, -0.1) is 11.3 Å². The molecule has 0 amide bonds. The van der Waals surface area contributed by atoms with Crippen LogP contribution in [-0.4, -0.2) is 8.42 Å².